The number of likely N-dealkylation sites (N-methyl/N-ethyl adjacent to an activating group) is 1. The van der Waals surface area contributed by atoms with Gasteiger partial charge in [0.15, 0.2) is 0 Å². The van der Waals surface area contributed by atoms with Gasteiger partial charge in [-0.2, -0.15) is 11.8 Å². The van der Waals surface area contributed by atoms with Gasteiger partial charge in [0.1, 0.15) is 6.04 Å². The molecule has 0 bridgehead atoms. The van der Waals surface area contributed by atoms with Crippen molar-refractivity contribution in [2.24, 2.45) is 0 Å². The number of thioether (sulfide) groups is 1. The Labute approximate surface area is 82.3 Å². The minimum atomic E-state index is -0.972. The van der Waals surface area contributed by atoms with Crippen LogP contribution in [0.25, 0.3) is 0 Å². The Morgan fingerprint density at radius 2 is 2.08 bits per heavy atom. The van der Waals surface area contributed by atoms with Gasteiger partial charge >= 0.3 is 5.97 Å². The maximum absolute atomic E-state index is 11.3. The fraction of sp³-hybridized carbons (Fsp3) is 0.750. The van der Waals surface area contributed by atoms with Crippen LogP contribution in [-0.4, -0.2) is 47.0 Å². The number of carboxylic acids is 1. The molecule has 0 saturated carbocycles. The average molecular weight is 205 g/mol. The molecule has 0 heterocycles. The van der Waals surface area contributed by atoms with Crippen molar-refractivity contribution in [2.45, 2.75) is 19.4 Å². The zero-order valence-corrected chi connectivity index (χ0v) is 8.93. The monoisotopic (exact) mass is 205 g/mol. The number of carbonyl (C=O) groups excluding carboxylic acids is 1. The van der Waals surface area contributed by atoms with E-state index in [1.807, 2.05) is 6.26 Å². The highest BCUT2D eigenvalue weighted by Crippen LogP contribution is 2.02. The number of nitrogens with zero attached hydrogens (tertiary/aromatic N) is 1. The molecule has 76 valence electrons. The van der Waals surface area contributed by atoms with E-state index < -0.39 is 12.0 Å². The van der Waals surface area contributed by atoms with E-state index in [1.54, 1.807) is 11.8 Å². The van der Waals surface area contributed by atoms with Crippen LogP contribution >= 0.6 is 11.8 Å². The first-order valence-corrected chi connectivity index (χ1v) is 5.37. The second-order valence-corrected chi connectivity index (χ2v) is 3.75. The number of hydrogen-bond donors (Lipinski definition) is 1. The topological polar surface area (TPSA) is 57.6 Å². The third kappa shape index (κ3) is 4.17. The second kappa shape index (κ2) is 5.85. The van der Waals surface area contributed by atoms with Gasteiger partial charge in [0.25, 0.3) is 0 Å². The molecule has 4 nitrogen and oxygen atoms in total. The molecule has 1 N–H and O–H groups in total. The highest BCUT2D eigenvalue weighted by Gasteiger charge is 2.20. The van der Waals surface area contributed by atoms with Crippen LogP contribution in [0, 0.1) is 0 Å². The minimum Gasteiger partial charge on any atom is -0.480 e. The predicted molar refractivity (Wildman–Crippen MR) is 52.9 cm³/mol. The number of carboxylic acid groups (broad SMARTS) is 1. The summed E-state index contributed by atoms with van der Waals surface area (Å²) < 4.78 is 0. The molecule has 13 heavy (non-hydrogen) atoms. The summed E-state index contributed by atoms with van der Waals surface area (Å²) in [6.07, 6.45) is 2.31. The van der Waals surface area contributed by atoms with E-state index >= 15 is 0 Å². The van der Waals surface area contributed by atoms with Crippen LogP contribution in [0.2, 0.25) is 0 Å². The van der Waals surface area contributed by atoms with Crippen LogP contribution in [0.15, 0.2) is 0 Å². The standard InChI is InChI=1S/C8H15NO3S/c1-6(8(11)12)9(2)7(10)4-5-13-3/h6H,4-5H2,1-3H3,(H,11,12)/t6-/m0/s1. The molecule has 5 heteroatoms. The summed E-state index contributed by atoms with van der Waals surface area (Å²) >= 11 is 1.57. The molecule has 0 fully saturated rings. The Kier molecular flexibility index (Phi) is 5.53. The molecular weight excluding hydrogens is 190 g/mol. The fourth-order valence-electron chi connectivity index (χ4n) is 0.747. The predicted octanol–water partition coefficient (Wildman–Crippen LogP) is 0.671. The molecule has 0 aromatic heterocycles. The minimum absolute atomic E-state index is 0.121. The molecule has 1 atom stereocenters. The van der Waals surface area contributed by atoms with E-state index in [0.717, 1.165) is 5.75 Å². The van der Waals surface area contributed by atoms with E-state index in [2.05, 4.69) is 0 Å². The number of aliphatic carboxylic acids is 1. The lowest BCUT2D eigenvalue weighted by Crippen LogP contribution is -2.40. The van der Waals surface area contributed by atoms with Crippen molar-refractivity contribution in [2.75, 3.05) is 19.1 Å². The molecule has 0 spiro atoms. The van der Waals surface area contributed by atoms with E-state index in [1.165, 1.54) is 18.9 Å². The summed E-state index contributed by atoms with van der Waals surface area (Å²) in [7, 11) is 1.52. The van der Waals surface area contributed by atoms with Gasteiger partial charge in [-0.1, -0.05) is 0 Å². The molecule has 1 amide bonds. The van der Waals surface area contributed by atoms with Crippen LogP contribution in [0.1, 0.15) is 13.3 Å². The first-order valence-electron chi connectivity index (χ1n) is 3.98. The molecule has 0 aliphatic heterocycles. The molecule has 0 rings (SSSR count). The highest BCUT2D eigenvalue weighted by atomic mass is 32.2. The SMILES string of the molecule is CSCCC(=O)N(C)[C@@H](C)C(=O)O. The van der Waals surface area contributed by atoms with Crippen molar-refractivity contribution in [1.82, 2.24) is 4.90 Å². The van der Waals surface area contributed by atoms with E-state index in [0.29, 0.717) is 6.42 Å². The number of rotatable bonds is 5. The summed E-state index contributed by atoms with van der Waals surface area (Å²) in [6.45, 7) is 1.50. The number of amides is 1. The summed E-state index contributed by atoms with van der Waals surface area (Å²) in [4.78, 5) is 23.1. The van der Waals surface area contributed by atoms with Gasteiger partial charge in [-0.05, 0) is 13.2 Å². The van der Waals surface area contributed by atoms with Gasteiger partial charge < -0.3 is 10.0 Å². The lowest BCUT2D eigenvalue weighted by atomic mass is 10.3. The van der Waals surface area contributed by atoms with Gasteiger partial charge in [-0.25, -0.2) is 4.79 Å². The zero-order valence-electron chi connectivity index (χ0n) is 8.11. The summed E-state index contributed by atoms with van der Waals surface area (Å²) in [5.74, 6) is -0.362. The van der Waals surface area contributed by atoms with Gasteiger partial charge in [0, 0.05) is 19.2 Å². The van der Waals surface area contributed by atoms with Crippen LogP contribution in [-0.2, 0) is 9.59 Å². The summed E-state index contributed by atoms with van der Waals surface area (Å²) in [5.41, 5.74) is 0. The molecule has 0 aliphatic carbocycles. The fourth-order valence-corrected chi connectivity index (χ4v) is 1.13. The van der Waals surface area contributed by atoms with Crippen molar-refractivity contribution in [1.29, 1.82) is 0 Å². The van der Waals surface area contributed by atoms with Gasteiger partial charge in [-0.15, -0.1) is 0 Å². The lowest BCUT2D eigenvalue weighted by Gasteiger charge is -2.21. The van der Waals surface area contributed by atoms with Crippen LogP contribution < -0.4 is 0 Å². The second-order valence-electron chi connectivity index (χ2n) is 2.76. The Morgan fingerprint density at radius 1 is 1.54 bits per heavy atom. The molecular formula is C8H15NO3S. The molecule has 0 aliphatic rings. The maximum atomic E-state index is 11.3. The third-order valence-electron chi connectivity index (χ3n) is 1.85. The molecule has 0 aromatic rings. The normalized spacial score (nSPS) is 12.2. The first kappa shape index (κ1) is 12.3. The smallest absolute Gasteiger partial charge is 0.326 e. The Hall–Kier alpha value is -0.710. The number of carbonyl (C=O) groups is 2. The van der Waals surface area contributed by atoms with E-state index in [9.17, 15) is 9.59 Å². The Balaban J connectivity index is 4.01. The van der Waals surface area contributed by atoms with Crippen molar-refractivity contribution in [3.63, 3.8) is 0 Å². The largest absolute Gasteiger partial charge is 0.480 e. The maximum Gasteiger partial charge on any atom is 0.326 e. The zero-order chi connectivity index (χ0) is 10.4. The van der Waals surface area contributed by atoms with Crippen molar-refractivity contribution < 1.29 is 14.7 Å². The van der Waals surface area contributed by atoms with Gasteiger partial charge in [0.05, 0.1) is 0 Å². The summed E-state index contributed by atoms with van der Waals surface area (Å²) in [6, 6.07) is -0.741. The third-order valence-corrected chi connectivity index (χ3v) is 2.46. The Morgan fingerprint density at radius 3 is 2.46 bits per heavy atom. The van der Waals surface area contributed by atoms with E-state index in [-0.39, 0.29) is 5.91 Å². The van der Waals surface area contributed by atoms with Crippen molar-refractivity contribution in [3.05, 3.63) is 0 Å². The van der Waals surface area contributed by atoms with Crippen molar-refractivity contribution in [3.8, 4) is 0 Å². The average Bonchev–Trinajstić information content (AvgIpc) is 2.11. The molecule has 0 aromatic carbocycles. The summed E-state index contributed by atoms with van der Waals surface area (Å²) in [5, 5.41) is 8.63. The molecule has 0 radical (unpaired) electrons. The Bertz CT molecular complexity index is 196. The molecule has 0 saturated heterocycles. The van der Waals surface area contributed by atoms with Crippen molar-refractivity contribution >= 4 is 23.6 Å². The van der Waals surface area contributed by atoms with Crippen LogP contribution in [0.3, 0.4) is 0 Å². The molecule has 0 unspecified atom stereocenters. The lowest BCUT2D eigenvalue weighted by molar-refractivity contribution is -0.148. The highest BCUT2D eigenvalue weighted by molar-refractivity contribution is 7.98. The number of hydrogen-bond acceptors (Lipinski definition) is 3. The van der Waals surface area contributed by atoms with Crippen LogP contribution in [0.5, 0.6) is 0 Å². The quantitative estimate of drug-likeness (QED) is 0.716. The van der Waals surface area contributed by atoms with Crippen LogP contribution in [0.4, 0.5) is 0 Å². The van der Waals surface area contributed by atoms with Gasteiger partial charge in [0.2, 0.25) is 5.91 Å². The van der Waals surface area contributed by atoms with Gasteiger partial charge in [-0.3, -0.25) is 4.79 Å². The first-order chi connectivity index (χ1) is 6.00. The van der Waals surface area contributed by atoms with E-state index in [4.69, 9.17) is 5.11 Å².